The van der Waals surface area contributed by atoms with E-state index in [4.69, 9.17) is 9.47 Å². The van der Waals surface area contributed by atoms with Gasteiger partial charge in [0.25, 0.3) is 0 Å². The molecule has 2 amide bonds. The Kier molecular flexibility index (Phi) is 6.12. The van der Waals surface area contributed by atoms with Crippen LogP contribution in [0.25, 0.3) is 5.70 Å². The number of hydrogen-bond acceptors (Lipinski definition) is 7. The third kappa shape index (κ3) is 4.30. The second-order valence-corrected chi connectivity index (χ2v) is 6.73. The van der Waals surface area contributed by atoms with Gasteiger partial charge in [-0.25, -0.2) is 0 Å². The Balaban J connectivity index is 1.90. The molecule has 0 spiro atoms. The van der Waals surface area contributed by atoms with Gasteiger partial charge in [0, 0.05) is 43.9 Å². The molecule has 0 aromatic heterocycles. The smallest absolute Gasteiger partial charge is 0.248 e. The van der Waals surface area contributed by atoms with Crippen molar-refractivity contribution < 1.29 is 19.1 Å². The molecule has 1 fully saturated rings. The predicted octanol–water partition coefficient (Wildman–Crippen LogP) is 0.122. The Morgan fingerprint density at radius 3 is 2.67 bits per heavy atom. The van der Waals surface area contributed by atoms with E-state index in [9.17, 15) is 9.59 Å². The van der Waals surface area contributed by atoms with Crippen LogP contribution in [0, 0.1) is 0 Å². The van der Waals surface area contributed by atoms with E-state index < -0.39 is 5.50 Å². The highest BCUT2D eigenvalue weighted by Crippen LogP contribution is 2.34. The van der Waals surface area contributed by atoms with Crippen molar-refractivity contribution in [2.45, 2.75) is 5.50 Å². The average molecular weight is 392 g/mol. The molecule has 146 valence electrons. The van der Waals surface area contributed by atoms with Crippen molar-refractivity contribution in [1.29, 1.82) is 0 Å². The number of methoxy groups -OCH3 is 2. The Morgan fingerprint density at radius 2 is 2.00 bits per heavy atom. The zero-order valence-electron chi connectivity index (χ0n) is 15.4. The third-order valence-corrected chi connectivity index (χ3v) is 5.01. The van der Waals surface area contributed by atoms with Gasteiger partial charge >= 0.3 is 0 Å². The van der Waals surface area contributed by atoms with Gasteiger partial charge < -0.3 is 29.9 Å². The third-order valence-electron chi connectivity index (χ3n) is 4.60. The van der Waals surface area contributed by atoms with Crippen LogP contribution in [-0.2, 0) is 9.59 Å². The Hall–Kier alpha value is -2.39. The van der Waals surface area contributed by atoms with E-state index in [-0.39, 0.29) is 18.4 Å². The molecule has 9 heteroatoms. The first-order valence-corrected chi connectivity index (χ1v) is 9.23. The van der Waals surface area contributed by atoms with Gasteiger partial charge in [-0.15, -0.1) is 12.6 Å². The topological polar surface area (TPSA) is 83.1 Å². The Labute approximate surface area is 163 Å². The zero-order chi connectivity index (χ0) is 19.4. The number of hydrogen-bond donors (Lipinski definition) is 3. The van der Waals surface area contributed by atoms with E-state index >= 15 is 0 Å². The quantitative estimate of drug-likeness (QED) is 0.618. The molecule has 1 unspecified atom stereocenters. The van der Waals surface area contributed by atoms with E-state index in [0.717, 1.165) is 13.1 Å². The summed E-state index contributed by atoms with van der Waals surface area (Å²) in [4.78, 5) is 28.4. The predicted molar refractivity (Wildman–Crippen MR) is 105 cm³/mol. The first kappa shape index (κ1) is 19.4. The lowest BCUT2D eigenvalue weighted by Crippen LogP contribution is -2.53. The summed E-state index contributed by atoms with van der Waals surface area (Å²) in [5.41, 5.74) is 0.665. The number of rotatable bonds is 5. The molecular weight excluding hydrogens is 368 g/mol. The van der Waals surface area contributed by atoms with Crippen LogP contribution in [0.5, 0.6) is 11.5 Å². The highest BCUT2D eigenvalue weighted by molar-refractivity contribution is 7.80. The number of ether oxygens (including phenoxy) is 2. The van der Waals surface area contributed by atoms with Crippen molar-refractivity contribution in [2.24, 2.45) is 0 Å². The van der Waals surface area contributed by atoms with Crippen LogP contribution in [-0.4, -0.2) is 74.1 Å². The molecule has 1 aromatic carbocycles. The molecule has 1 atom stereocenters. The molecule has 1 aromatic rings. The van der Waals surface area contributed by atoms with Crippen molar-refractivity contribution >= 4 is 30.1 Å². The summed E-state index contributed by atoms with van der Waals surface area (Å²) in [7, 11) is 3.13. The van der Waals surface area contributed by atoms with Crippen LogP contribution in [0.4, 0.5) is 0 Å². The van der Waals surface area contributed by atoms with Crippen LogP contribution >= 0.6 is 12.6 Å². The monoisotopic (exact) mass is 392 g/mol. The van der Waals surface area contributed by atoms with Crippen molar-refractivity contribution in [3.8, 4) is 11.5 Å². The lowest BCUT2D eigenvalue weighted by Gasteiger charge is -2.37. The lowest BCUT2D eigenvalue weighted by atomic mass is 10.1. The minimum atomic E-state index is -0.615. The number of carbonyl (C=O) groups is 2. The SMILES string of the molecule is COc1ccc(C2=CC(=O)NC(S)N2CC(=O)N2CCNCC2)c(OC)c1. The van der Waals surface area contributed by atoms with Crippen LogP contribution in [0.15, 0.2) is 24.3 Å². The summed E-state index contributed by atoms with van der Waals surface area (Å²) >= 11 is 4.47. The second kappa shape index (κ2) is 8.53. The van der Waals surface area contributed by atoms with Gasteiger partial charge in [-0.3, -0.25) is 9.59 Å². The van der Waals surface area contributed by atoms with Crippen molar-refractivity contribution in [2.75, 3.05) is 46.9 Å². The van der Waals surface area contributed by atoms with E-state index in [0.29, 0.717) is 35.8 Å². The van der Waals surface area contributed by atoms with E-state index in [2.05, 4.69) is 23.3 Å². The molecule has 0 saturated carbocycles. The van der Waals surface area contributed by atoms with Crippen LogP contribution in [0.2, 0.25) is 0 Å². The summed E-state index contributed by atoms with van der Waals surface area (Å²) in [6, 6.07) is 5.34. The summed E-state index contributed by atoms with van der Waals surface area (Å²) in [5.74, 6) is 0.914. The van der Waals surface area contributed by atoms with E-state index in [1.54, 1.807) is 31.3 Å². The van der Waals surface area contributed by atoms with E-state index in [1.807, 2.05) is 11.0 Å². The Bertz CT molecular complexity index is 749. The molecule has 1 saturated heterocycles. The van der Waals surface area contributed by atoms with Crippen LogP contribution in [0.3, 0.4) is 0 Å². The van der Waals surface area contributed by atoms with Crippen molar-refractivity contribution in [3.05, 3.63) is 29.8 Å². The molecule has 0 aliphatic carbocycles. The maximum absolute atomic E-state index is 12.8. The van der Waals surface area contributed by atoms with E-state index in [1.165, 1.54) is 6.08 Å². The number of amides is 2. The van der Waals surface area contributed by atoms with Crippen molar-refractivity contribution in [1.82, 2.24) is 20.4 Å². The number of piperazine rings is 1. The first-order chi connectivity index (χ1) is 13.0. The standard InChI is InChI=1S/C18H24N4O4S/c1-25-12-3-4-13(15(9-12)26-2)14-10-16(23)20-18(27)22(14)11-17(24)21-7-5-19-6-8-21/h3-4,9-10,18-19,27H,5-8,11H2,1-2H3,(H,20,23). The zero-order valence-corrected chi connectivity index (χ0v) is 16.3. The minimum Gasteiger partial charge on any atom is -0.497 e. The average Bonchev–Trinajstić information content (AvgIpc) is 2.69. The molecule has 27 heavy (non-hydrogen) atoms. The molecule has 0 radical (unpaired) electrons. The highest BCUT2D eigenvalue weighted by Gasteiger charge is 2.30. The normalized spacial score (nSPS) is 20.0. The summed E-state index contributed by atoms with van der Waals surface area (Å²) < 4.78 is 10.7. The van der Waals surface area contributed by atoms with Gasteiger partial charge in [-0.1, -0.05) is 0 Å². The molecule has 2 N–H and O–H groups in total. The van der Waals surface area contributed by atoms with Gasteiger partial charge in [-0.05, 0) is 12.1 Å². The van der Waals surface area contributed by atoms with Crippen molar-refractivity contribution in [3.63, 3.8) is 0 Å². The highest BCUT2D eigenvalue weighted by atomic mass is 32.1. The number of carbonyl (C=O) groups excluding carboxylic acids is 2. The van der Waals surface area contributed by atoms with Gasteiger partial charge in [0.2, 0.25) is 11.8 Å². The lowest BCUT2D eigenvalue weighted by molar-refractivity contribution is -0.133. The fourth-order valence-corrected chi connectivity index (χ4v) is 3.49. The number of thiol groups is 1. The maximum atomic E-state index is 12.8. The second-order valence-electron chi connectivity index (χ2n) is 6.24. The number of benzene rings is 1. The minimum absolute atomic E-state index is 0.00919. The molecule has 3 rings (SSSR count). The molecule has 2 heterocycles. The first-order valence-electron chi connectivity index (χ1n) is 8.71. The van der Waals surface area contributed by atoms with Gasteiger partial charge in [-0.2, -0.15) is 0 Å². The number of nitrogens with one attached hydrogen (secondary N) is 2. The van der Waals surface area contributed by atoms with Gasteiger partial charge in [0.15, 0.2) is 0 Å². The summed E-state index contributed by atoms with van der Waals surface area (Å²) in [5, 5.41) is 5.95. The summed E-state index contributed by atoms with van der Waals surface area (Å²) in [6.45, 7) is 3.00. The molecule has 2 aliphatic heterocycles. The number of nitrogens with zero attached hydrogens (tertiary/aromatic N) is 2. The molecule has 2 aliphatic rings. The largest absolute Gasteiger partial charge is 0.497 e. The molecule has 0 bridgehead atoms. The molecular formula is C18H24N4O4S. The molecule has 8 nitrogen and oxygen atoms in total. The summed E-state index contributed by atoms with van der Waals surface area (Å²) in [6.07, 6.45) is 1.46. The fourth-order valence-electron chi connectivity index (χ4n) is 3.16. The Morgan fingerprint density at radius 1 is 1.26 bits per heavy atom. The fraction of sp³-hybridized carbons (Fsp3) is 0.444. The maximum Gasteiger partial charge on any atom is 0.248 e. The van der Waals surface area contributed by atoms with Gasteiger partial charge in [0.1, 0.15) is 17.0 Å². The van der Waals surface area contributed by atoms with Crippen LogP contribution in [0.1, 0.15) is 5.56 Å². The van der Waals surface area contributed by atoms with Gasteiger partial charge in [0.05, 0.1) is 26.5 Å². The van der Waals surface area contributed by atoms with Crippen LogP contribution < -0.4 is 20.1 Å².